The second-order valence-corrected chi connectivity index (χ2v) is 2.44. The van der Waals surface area contributed by atoms with Crippen LogP contribution < -0.4 is 5.73 Å². The zero-order valence-electron chi connectivity index (χ0n) is 7.10. The van der Waals surface area contributed by atoms with Gasteiger partial charge < -0.3 is 10.5 Å². The molecule has 0 saturated heterocycles. The molecule has 2 nitrogen and oxygen atoms in total. The van der Waals surface area contributed by atoms with E-state index in [2.05, 4.69) is 6.92 Å². The van der Waals surface area contributed by atoms with Crippen molar-refractivity contribution in [2.45, 2.75) is 39.2 Å². The van der Waals surface area contributed by atoms with E-state index in [1.165, 1.54) is 6.42 Å². The van der Waals surface area contributed by atoms with Crippen molar-refractivity contribution in [3.05, 3.63) is 0 Å². The lowest BCUT2D eigenvalue weighted by Crippen LogP contribution is -2.17. The van der Waals surface area contributed by atoms with E-state index in [1.54, 1.807) is 0 Å². The predicted molar refractivity (Wildman–Crippen MR) is 44.0 cm³/mol. The third kappa shape index (κ3) is 4.77. The van der Waals surface area contributed by atoms with Gasteiger partial charge in [-0.1, -0.05) is 13.3 Å². The van der Waals surface area contributed by atoms with Crippen LogP contribution in [0.3, 0.4) is 0 Å². The van der Waals surface area contributed by atoms with Gasteiger partial charge in [0.2, 0.25) is 0 Å². The number of nitrogens with two attached hydrogens (primary N) is 1. The standard InChI is InChI=1S/C8H19NO/c1-3-5-8(6-7-9)10-4-2/h8H,3-7,9H2,1-2H3. The van der Waals surface area contributed by atoms with E-state index in [-0.39, 0.29) is 0 Å². The molecule has 1 atom stereocenters. The molecule has 0 radical (unpaired) electrons. The summed E-state index contributed by atoms with van der Waals surface area (Å²) < 4.78 is 5.44. The lowest BCUT2D eigenvalue weighted by Gasteiger charge is -2.14. The monoisotopic (exact) mass is 145 g/mol. The van der Waals surface area contributed by atoms with E-state index in [1.807, 2.05) is 6.92 Å². The number of hydrogen-bond acceptors (Lipinski definition) is 2. The van der Waals surface area contributed by atoms with Crippen molar-refractivity contribution in [1.29, 1.82) is 0 Å². The van der Waals surface area contributed by atoms with E-state index in [0.29, 0.717) is 6.10 Å². The highest BCUT2D eigenvalue weighted by Crippen LogP contribution is 2.04. The van der Waals surface area contributed by atoms with Crippen LogP contribution in [0.5, 0.6) is 0 Å². The molecule has 62 valence electrons. The lowest BCUT2D eigenvalue weighted by molar-refractivity contribution is 0.0520. The third-order valence-electron chi connectivity index (χ3n) is 1.50. The summed E-state index contributed by atoms with van der Waals surface area (Å²) in [5.41, 5.74) is 5.41. The lowest BCUT2D eigenvalue weighted by atomic mass is 10.1. The van der Waals surface area contributed by atoms with E-state index in [0.717, 1.165) is 26.0 Å². The zero-order valence-corrected chi connectivity index (χ0v) is 7.10. The average molecular weight is 145 g/mol. The van der Waals surface area contributed by atoms with Crippen LogP contribution in [0, 0.1) is 0 Å². The second kappa shape index (κ2) is 7.03. The molecule has 0 aliphatic carbocycles. The van der Waals surface area contributed by atoms with Crippen LogP contribution >= 0.6 is 0 Å². The molecule has 2 heteroatoms. The first-order valence-electron chi connectivity index (χ1n) is 4.16. The minimum atomic E-state index is 0.403. The maximum atomic E-state index is 5.44. The molecule has 0 rings (SSSR count). The van der Waals surface area contributed by atoms with Crippen molar-refractivity contribution in [2.75, 3.05) is 13.2 Å². The van der Waals surface area contributed by atoms with E-state index in [4.69, 9.17) is 10.5 Å². The fourth-order valence-corrected chi connectivity index (χ4v) is 1.05. The molecule has 1 unspecified atom stereocenters. The van der Waals surface area contributed by atoms with Gasteiger partial charge in [-0.3, -0.25) is 0 Å². The van der Waals surface area contributed by atoms with Crippen molar-refractivity contribution in [3.63, 3.8) is 0 Å². The molecular weight excluding hydrogens is 126 g/mol. The van der Waals surface area contributed by atoms with Crippen LogP contribution in [0.2, 0.25) is 0 Å². The molecule has 2 N–H and O–H groups in total. The Bertz CT molecular complexity index is 52.0. The largest absolute Gasteiger partial charge is 0.378 e. The molecule has 10 heavy (non-hydrogen) atoms. The number of ether oxygens (including phenoxy) is 1. The molecule has 0 aromatic heterocycles. The quantitative estimate of drug-likeness (QED) is 0.615. The van der Waals surface area contributed by atoms with E-state index in [9.17, 15) is 0 Å². The second-order valence-electron chi connectivity index (χ2n) is 2.44. The Morgan fingerprint density at radius 1 is 1.30 bits per heavy atom. The summed E-state index contributed by atoms with van der Waals surface area (Å²) in [6.07, 6.45) is 3.73. The van der Waals surface area contributed by atoms with Gasteiger partial charge in [0.05, 0.1) is 6.10 Å². The summed E-state index contributed by atoms with van der Waals surface area (Å²) in [5.74, 6) is 0. The Morgan fingerprint density at radius 3 is 2.40 bits per heavy atom. The van der Waals surface area contributed by atoms with Gasteiger partial charge in [0.25, 0.3) is 0 Å². The Hall–Kier alpha value is -0.0800. The molecule has 0 amide bonds. The van der Waals surface area contributed by atoms with Gasteiger partial charge in [0, 0.05) is 6.61 Å². The van der Waals surface area contributed by atoms with Crippen LogP contribution in [0.1, 0.15) is 33.1 Å². The predicted octanol–water partition coefficient (Wildman–Crippen LogP) is 1.54. The van der Waals surface area contributed by atoms with Crippen molar-refractivity contribution >= 4 is 0 Å². The first-order valence-corrected chi connectivity index (χ1v) is 4.16. The van der Waals surface area contributed by atoms with Gasteiger partial charge in [-0.15, -0.1) is 0 Å². The first-order chi connectivity index (χ1) is 4.85. The van der Waals surface area contributed by atoms with Gasteiger partial charge in [0.1, 0.15) is 0 Å². The van der Waals surface area contributed by atoms with Crippen LogP contribution in [-0.4, -0.2) is 19.3 Å². The molecular formula is C8H19NO. The zero-order chi connectivity index (χ0) is 7.82. The summed E-state index contributed by atoms with van der Waals surface area (Å²) in [7, 11) is 0. The summed E-state index contributed by atoms with van der Waals surface area (Å²) in [4.78, 5) is 0. The van der Waals surface area contributed by atoms with Gasteiger partial charge in [-0.05, 0) is 26.3 Å². The fraction of sp³-hybridized carbons (Fsp3) is 1.00. The molecule has 0 bridgehead atoms. The Balaban J connectivity index is 3.30. The van der Waals surface area contributed by atoms with Crippen LogP contribution in [0.4, 0.5) is 0 Å². The summed E-state index contributed by atoms with van der Waals surface area (Å²) in [6.45, 7) is 5.75. The van der Waals surface area contributed by atoms with Gasteiger partial charge in [-0.2, -0.15) is 0 Å². The summed E-state index contributed by atoms with van der Waals surface area (Å²) >= 11 is 0. The Kier molecular flexibility index (Phi) is 6.98. The minimum Gasteiger partial charge on any atom is -0.378 e. The average Bonchev–Trinajstić information content (AvgIpc) is 1.90. The highest BCUT2D eigenvalue weighted by molar-refractivity contribution is 4.56. The van der Waals surface area contributed by atoms with Crippen molar-refractivity contribution in [1.82, 2.24) is 0 Å². The summed E-state index contributed by atoms with van der Waals surface area (Å²) in [5, 5.41) is 0. The minimum absolute atomic E-state index is 0.403. The third-order valence-corrected chi connectivity index (χ3v) is 1.50. The maximum Gasteiger partial charge on any atom is 0.0586 e. The molecule has 0 aromatic rings. The van der Waals surface area contributed by atoms with Crippen LogP contribution in [0.15, 0.2) is 0 Å². The highest BCUT2D eigenvalue weighted by atomic mass is 16.5. The highest BCUT2D eigenvalue weighted by Gasteiger charge is 2.04. The van der Waals surface area contributed by atoms with Crippen LogP contribution in [-0.2, 0) is 4.74 Å². The smallest absolute Gasteiger partial charge is 0.0586 e. The van der Waals surface area contributed by atoms with Crippen molar-refractivity contribution < 1.29 is 4.74 Å². The Morgan fingerprint density at radius 2 is 2.00 bits per heavy atom. The normalized spacial score (nSPS) is 13.5. The molecule has 0 fully saturated rings. The van der Waals surface area contributed by atoms with Crippen LogP contribution in [0.25, 0.3) is 0 Å². The van der Waals surface area contributed by atoms with Gasteiger partial charge in [-0.25, -0.2) is 0 Å². The molecule has 0 aliphatic rings. The SMILES string of the molecule is CCCC(CCN)OCC. The molecule has 0 aromatic carbocycles. The number of hydrogen-bond donors (Lipinski definition) is 1. The molecule has 0 heterocycles. The van der Waals surface area contributed by atoms with Crippen molar-refractivity contribution in [2.24, 2.45) is 5.73 Å². The first kappa shape index (κ1) is 9.92. The number of rotatable bonds is 6. The fourth-order valence-electron chi connectivity index (χ4n) is 1.05. The van der Waals surface area contributed by atoms with E-state index < -0.39 is 0 Å². The summed E-state index contributed by atoms with van der Waals surface area (Å²) in [6, 6.07) is 0. The van der Waals surface area contributed by atoms with Crippen molar-refractivity contribution in [3.8, 4) is 0 Å². The van der Waals surface area contributed by atoms with Gasteiger partial charge in [0.15, 0.2) is 0 Å². The Labute approximate surface area is 63.7 Å². The topological polar surface area (TPSA) is 35.2 Å². The molecule has 0 spiro atoms. The van der Waals surface area contributed by atoms with E-state index >= 15 is 0 Å². The molecule has 0 saturated carbocycles. The maximum absolute atomic E-state index is 5.44. The molecule has 0 aliphatic heterocycles. The van der Waals surface area contributed by atoms with Gasteiger partial charge >= 0.3 is 0 Å².